The molecule has 4 rings (SSSR count). The Morgan fingerprint density at radius 1 is 1.17 bits per heavy atom. The molecule has 2 heterocycles. The SMILES string of the molecule is COc1cc([C@H]2CC(=O)Nc3c2c(=O)nc(SCc2ccccc2C)n3C)ccc1OCC(C)C. The molecule has 35 heavy (non-hydrogen) atoms. The molecule has 2 aromatic carbocycles. The van der Waals surface area contributed by atoms with Crippen LogP contribution in [0, 0.1) is 12.8 Å². The molecule has 0 radical (unpaired) electrons. The molecule has 7 nitrogen and oxygen atoms in total. The van der Waals surface area contributed by atoms with Gasteiger partial charge in [0.25, 0.3) is 5.56 Å². The summed E-state index contributed by atoms with van der Waals surface area (Å²) in [5.74, 6) is 2.20. The number of aryl methyl sites for hydroxylation is 1. The molecular weight excluding hydrogens is 462 g/mol. The van der Waals surface area contributed by atoms with Crippen molar-refractivity contribution < 1.29 is 14.3 Å². The summed E-state index contributed by atoms with van der Waals surface area (Å²) in [6.45, 7) is 6.79. The van der Waals surface area contributed by atoms with Gasteiger partial charge in [-0.05, 0) is 41.7 Å². The maximum absolute atomic E-state index is 13.3. The Morgan fingerprint density at radius 2 is 1.94 bits per heavy atom. The van der Waals surface area contributed by atoms with E-state index in [2.05, 4.69) is 43.2 Å². The number of benzene rings is 2. The Kier molecular flexibility index (Phi) is 7.50. The third-order valence-corrected chi connectivity index (χ3v) is 7.16. The fourth-order valence-electron chi connectivity index (χ4n) is 4.14. The van der Waals surface area contributed by atoms with Crippen molar-refractivity contribution in [2.24, 2.45) is 13.0 Å². The Hall–Kier alpha value is -3.26. The van der Waals surface area contributed by atoms with Crippen LogP contribution in [0.1, 0.15) is 48.4 Å². The van der Waals surface area contributed by atoms with E-state index in [1.54, 1.807) is 11.7 Å². The molecule has 3 aromatic rings. The van der Waals surface area contributed by atoms with E-state index in [0.29, 0.717) is 46.3 Å². The Balaban J connectivity index is 1.68. The van der Waals surface area contributed by atoms with Crippen molar-refractivity contribution in [2.75, 3.05) is 19.0 Å². The minimum atomic E-state index is -0.423. The number of carbonyl (C=O) groups is 1. The number of carbonyl (C=O) groups excluding carboxylic acids is 1. The fraction of sp³-hybridized carbons (Fsp3) is 0.370. The van der Waals surface area contributed by atoms with E-state index in [1.807, 2.05) is 37.4 Å². The van der Waals surface area contributed by atoms with Crippen LogP contribution in [0.15, 0.2) is 52.4 Å². The van der Waals surface area contributed by atoms with E-state index >= 15 is 0 Å². The first kappa shape index (κ1) is 24.9. The molecule has 184 valence electrons. The number of hydrogen-bond donors (Lipinski definition) is 1. The van der Waals surface area contributed by atoms with Crippen LogP contribution in [0.4, 0.5) is 5.82 Å². The highest BCUT2D eigenvalue weighted by atomic mass is 32.2. The fourth-order valence-corrected chi connectivity index (χ4v) is 5.18. The van der Waals surface area contributed by atoms with Gasteiger partial charge in [0.1, 0.15) is 5.82 Å². The average Bonchev–Trinajstić information content (AvgIpc) is 2.84. The maximum atomic E-state index is 13.3. The van der Waals surface area contributed by atoms with Crippen molar-refractivity contribution >= 4 is 23.5 Å². The second-order valence-corrected chi connectivity index (χ2v) is 10.1. The summed E-state index contributed by atoms with van der Waals surface area (Å²) in [4.78, 5) is 30.4. The van der Waals surface area contributed by atoms with Gasteiger partial charge in [-0.15, -0.1) is 0 Å². The Morgan fingerprint density at radius 3 is 2.66 bits per heavy atom. The molecule has 0 saturated heterocycles. The first-order valence-electron chi connectivity index (χ1n) is 11.7. The molecule has 0 unspecified atom stereocenters. The van der Waals surface area contributed by atoms with E-state index in [0.717, 1.165) is 5.56 Å². The normalized spacial score (nSPS) is 15.0. The van der Waals surface area contributed by atoms with Gasteiger partial charge in [-0.1, -0.05) is 55.9 Å². The zero-order chi connectivity index (χ0) is 25.1. The number of methoxy groups -OCH3 is 1. The monoisotopic (exact) mass is 493 g/mol. The second kappa shape index (κ2) is 10.6. The zero-order valence-electron chi connectivity index (χ0n) is 20.8. The summed E-state index contributed by atoms with van der Waals surface area (Å²) >= 11 is 1.48. The predicted octanol–water partition coefficient (Wildman–Crippen LogP) is 4.90. The molecule has 0 spiro atoms. The van der Waals surface area contributed by atoms with Crippen molar-refractivity contribution in [1.29, 1.82) is 0 Å². The smallest absolute Gasteiger partial charge is 0.279 e. The number of thioether (sulfide) groups is 1. The molecule has 1 atom stereocenters. The van der Waals surface area contributed by atoms with E-state index in [1.165, 1.54) is 22.9 Å². The van der Waals surface area contributed by atoms with Crippen molar-refractivity contribution in [1.82, 2.24) is 9.55 Å². The van der Waals surface area contributed by atoms with Crippen LogP contribution in [-0.4, -0.2) is 29.2 Å². The van der Waals surface area contributed by atoms with Gasteiger partial charge in [0.2, 0.25) is 5.91 Å². The minimum absolute atomic E-state index is 0.141. The lowest BCUT2D eigenvalue weighted by molar-refractivity contribution is -0.116. The van der Waals surface area contributed by atoms with E-state index in [-0.39, 0.29) is 17.9 Å². The topological polar surface area (TPSA) is 82.5 Å². The number of hydrogen-bond acceptors (Lipinski definition) is 6. The highest BCUT2D eigenvalue weighted by molar-refractivity contribution is 7.98. The van der Waals surface area contributed by atoms with Crippen molar-refractivity contribution in [3.63, 3.8) is 0 Å². The molecule has 0 fully saturated rings. The highest BCUT2D eigenvalue weighted by Crippen LogP contribution is 2.39. The molecular formula is C27H31N3O4S. The molecule has 1 N–H and O–H groups in total. The molecule has 0 saturated carbocycles. The lowest BCUT2D eigenvalue weighted by Gasteiger charge is -2.28. The predicted molar refractivity (Wildman–Crippen MR) is 139 cm³/mol. The summed E-state index contributed by atoms with van der Waals surface area (Å²) in [6.07, 6.45) is 0.162. The largest absolute Gasteiger partial charge is 0.493 e. The van der Waals surface area contributed by atoms with Gasteiger partial charge in [0, 0.05) is 25.1 Å². The summed E-state index contributed by atoms with van der Waals surface area (Å²) in [7, 11) is 3.42. The number of fused-ring (bicyclic) bond motifs is 1. The first-order chi connectivity index (χ1) is 16.8. The summed E-state index contributed by atoms with van der Waals surface area (Å²) in [5.41, 5.74) is 3.35. The van der Waals surface area contributed by atoms with E-state index < -0.39 is 5.92 Å². The molecule has 1 amide bonds. The number of ether oxygens (including phenoxy) is 2. The summed E-state index contributed by atoms with van der Waals surface area (Å²) < 4.78 is 13.2. The Bertz CT molecular complexity index is 1300. The molecule has 1 aliphatic heterocycles. The van der Waals surface area contributed by atoms with Crippen LogP contribution >= 0.6 is 11.8 Å². The van der Waals surface area contributed by atoms with Crippen molar-refractivity contribution in [2.45, 2.75) is 44.0 Å². The van der Waals surface area contributed by atoms with Crippen LogP contribution < -0.4 is 20.3 Å². The van der Waals surface area contributed by atoms with Gasteiger partial charge >= 0.3 is 0 Å². The standard InChI is InChI=1S/C27H31N3O4S/c1-16(2)14-34-21-11-10-18(12-22(21)33-5)20-13-23(31)28-25-24(20)26(32)29-27(30(25)4)35-15-19-9-7-6-8-17(19)3/h6-12,16,20H,13-15H2,1-5H3,(H,28,31)/t20-/m1/s1. The number of aromatic nitrogens is 2. The van der Waals surface area contributed by atoms with Crippen LogP contribution in [-0.2, 0) is 17.6 Å². The maximum Gasteiger partial charge on any atom is 0.279 e. The van der Waals surface area contributed by atoms with Crippen molar-refractivity contribution in [3.05, 3.63) is 75.1 Å². The number of nitrogens with zero attached hydrogens (tertiary/aromatic N) is 2. The average molecular weight is 494 g/mol. The molecule has 0 aliphatic carbocycles. The number of amides is 1. The number of anilines is 1. The van der Waals surface area contributed by atoms with Gasteiger partial charge in [-0.2, -0.15) is 4.98 Å². The van der Waals surface area contributed by atoms with Crippen LogP contribution in [0.25, 0.3) is 0 Å². The van der Waals surface area contributed by atoms with Crippen LogP contribution in [0.2, 0.25) is 0 Å². The molecule has 1 aliphatic rings. The summed E-state index contributed by atoms with van der Waals surface area (Å²) in [6, 6.07) is 13.7. The lowest BCUT2D eigenvalue weighted by atomic mass is 9.86. The van der Waals surface area contributed by atoms with Crippen molar-refractivity contribution in [3.8, 4) is 11.5 Å². The molecule has 0 bridgehead atoms. The number of rotatable bonds is 8. The van der Waals surface area contributed by atoms with Crippen LogP contribution in [0.5, 0.6) is 11.5 Å². The minimum Gasteiger partial charge on any atom is -0.493 e. The lowest BCUT2D eigenvalue weighted by Crippen LogP contribution is -2.33. The Labute approximate surface area is 209 Å². The van der Waals surface area contributed by atoms with Gasteiger partial charge in [0.05, 0.1) is 19.3 Å². The number of nitrogens with one attached hydrogen (secondary N) is 1. The van der Waals surface area contributed by atoms with Gasteiger partial charge in [-0.25, -0.2) is 0 Å². The quantitative estimate of drug-likeness (QED) is 0.355. The van der Waals surface area contributed by atoms with E-state index in [4.69, 9.17) is 9.47 Å². The third kappa shape index (κ3) is 5.37. The van der Waals surface area contributed by atoms with Crippen LogP contribution in [0.3, 0.4) is 0 Å². The van der Waals surface area contributed by atoms with Gasteiger partial charge in [-0.3, -0.25) is 9.59 Å². The van der Waals surface area contributed by atoms with Gasteiger partial charge < -0.3 is 19.4 Å². The molecule has 8 heteroatoms. The molecule has 1 aromatic heterocycles. The van der Waals surface area contributed by atoms with E-state index in [9.17, 15) is 9.59 Å². The zero-order valence-corrected chi connectivity index (χ0v) is 21.6. The second-order valence-electron chi connectivity index (χ2n) is 9.16. The summed E-state index contributed by atoms with van der Waals surface area (Å²) in [5, 5.41) is 3.47. The van der Waals surface area contributed by atoms with Gasteiger partial charge in [0.15, 0.2) is 16.7 Å². The highest BCUT2D eigenvalue weighted by Gasteiger charge is 2.32. The third-order valence-electron chi connectivity index (χ3n) is 6.08. The first-order valence-corrected chi connectivity index (χ1v) is 12.7.